The summed E-state index contributed by atoms with van der Waals surface area (Å²) in [5, 5.41) is 0. The van der Waals surface area contributed by atoms with E-state index in [1.807, 2.05) is 13.1 Å². The van der Waals surface area contributed by atoms with Crippen molar-refractivity contribution in [3.05, 3.63) is 18.5 Å². The van der Waals surface area contributed by atoms with Crippen LogP contribution in [0.15, 0.2) is 18.5 Å². The first-order valence-electron chi connectivity index (χ1n) is 7.44. The van der Waals surface area contributed by atoms with Crippen LogP contribution in [-0.4, -0.2) is 17.9 Å². The number of pyridine rings is 1. The molecular formula is C16H25N3O. The van der Waals surface area contributed by atoms with Crippen LogP contribution in [0.5, 0.6) is 0 Å². The van der Waals surface area contributed by atoms with Gasteiger partial charge in [0.25, 0.3) is 0 Å². The molecule has 1 fully saturated rings. The number of carbonyl (C=O) groups is 1. The van der Waals surface area contributed by atoms with Crippen LogP contribution in [0, 0.1) is 11.3 Å². The molecule has 1 aromatic heterocycles. The monoisotopic (exact) mass is 275 g/mol. The first kappa shape index (κ1) is 14.8. The predicted molar refractivity (Wildman–Crippen MR) is 82.4 cm³/mol. The number of nitrogens with two attached hydrogens (primary N) is 1. The van der Waals surface area contributed by atoms with E-state index in [0.717, 1.165) is 37.8 Å². The molecule has 4 heteroatoms. The normalized spacial score (nSPS) is 17.4. The molecule has 2 rings (SSSR count). The van der Waals surface area contributed by atoms with Crippen LogP contribution in [0.1, 0.15) is 46.0 Å². The number of amides is 1. The number of aromatic nitrogens is 1. The molecular weight excluding hydrogens is 250 g/mol. The van der Waals surface area contributed by atoms with Crippen molar-refractivity contribution in [2.45, 2.75) is 46.0 Å². The molecule has 1 aliphatic carbocycles. The largest absolute Gasteiger partial charge is 0.396 e. The molecule has 1 aromatic rings. The zero-order valence-electron chi connectivity index (χ0n) is 12.7. The minimum Gasteiger partial charge on any atom is -0.396 e. The number of carbonyl (C=O) groups excluding carboxylic acids is 1. The van der Waals surface area contributed by atoms with Gasteiger partial charge in [0.2, 0.25) is 5.91 Å². The van der Waals surface area contributed by atoms with E-state index in [-0.39, 0.29) is 11.3 Å². The molecule has 1 saturated carbocycles. The molecule has 1 amide bonds. The number of rotatable bonds is 4. The van der Waals surface area contributed by atoms with Crippen molar-refractivity contribution >= 4 is 17.3 Å². The first-order chi connectivity index (χ1) is 9.46. The Balaban J connectivity index is 2.26. The van der Waals surface area contributed by atoms with Crippen molar-refractivity contribution in [2.75, 3.05) is 17.7 Å². The van der Waals surface area contributed by atoms with Crippen LogP contribution in [-0.2, 0) is 4.79 Å². The van der Waals surface area contributed by atoms with Crippen LogP contribution in [0.25, 0.3) is 0 Å². The van der Waals surface area contributed by atoms with Crippen molar-refractivity contribution < 1.29 is 4.79 Å². The van der Waals surface area contributed by atoms with Crippen molar-refractivity contribution in [1.82, 2.24) is 4.98 Å². The lowest BCUT2D eigenvalue weighted by atomic mass is 9.77. The van der Waals surface area contributed by atoms with E-state index in [1.54, 1.807) is 17.3 Å². The Labute approximate surface area is 121 Å². The van der Waals surface area contributed by atoms with E-state index in [1.165, 1.54) is 0 Å². The lowest BCUT2D eigenvalue weighted by molar-refractivity contribution is -0.128. The van der Waals surface area contributed by atoms with Crippen LogP contribution in [0.2, 0.25) is 0 Å². The summed E-state index contributed by atoms with van der Waals surface area (Å²) >= 11 is 0. The van der Waals surface area contributed by atoms with Gasteiger partial charge in [0.1, 0.15) is 0 Å². The third-order valence-electron chi connectivity index (χ3n) is 4.31. The third kappa shape index (κ3) is 2.79. The van der Waals surface area contributed by atoms with E-state index >= 15 is 0 Å². The summed E-state index contributed by atoms with van der Waals surface area (Å²) in [6.45, 7) is 4.38. The molecule has 0 bridgehead atoms. The van der Waals surface area contributed by atoms with Crippen molar-refractivity contribution in [2.24, 2.45) is 11.3 Å². The van der Waals surface area contributed by atoms with Gasteiger partial charge in [0, 0.05) is 18.7 Å². The molecule has 0 unspecified atom stereocenters. The first-order valence-corrected chi connectivity index (χ1v) is 7.44. The molecule has 4 nitrogen and oxygen atoms in total. The van der Waals surface area contributed by atoms with Crippen LogP contribution < -0.4 is 10.6 Å². The second kappa shape index (κ2) is 5.81. The predicted octanol–water partition coefficient (Wildman–Crippen LogP) is 3.23. The third-order valence-corrected chi connectivity index (χ3v) is 4.31. The fourth-order valence-corrected chi connectivity index (χ4v) is 3.51. The quantitative estimate of drug-likeness (QED) is 0.917. The highest BCUT2D eigenvalue weighted by molar-refractivity contribution is 5.99. The maximum Gasteiger partial charge on any atom is 0.233 e. The fourth-order valence-electron chi connectivity index (χ4n) is 3.51. The van der Waals surface area contributed by atoms with E-state index in [4.69, 9.17) is 5.73 Å². The Morgan fingerprint density at radius 2 is 2.10 bits per heavy atom. The summed E-state index contributed by atoms with van der Waals surface area (Å²) in [4.78, 5) is 18.7. The molecule has 0 aromatic carbocycles. The second-order valence-corrected chi connectivity index (χ2v) is 6.38. The van der Waals surface area contributed by atoms with Crippen molar-refractivity contribution in [3.63, 3.8) is 0 Å². The van der Waals surface area contributed by atoms with E-state index in [2.05, 4.69) is 18.8 Å². The number of anilines is 2. The van der Waals surface area contributed by atoms with Gasteiger partial charge in [-0.3, -0.25) is 9.78 Å². The second-order valence-electron chi connectivity index (χ2n) is 6.38. The Morgan fingerprint density at radius 1 is 1.45 bits per heavy atom. The summed E-state index contributed by atoms with van der Waals surface area (Å²) in [5.74, 6) is 0.738. The van der Waals surface area contributed by atoms with Crippen LogP contribution in [0.3, 0.4) is 0 Å². The summed E-state index contributed by atoms with van der Waals surface area (Å²) in [6, 6.07) is 1.81. The zero-order chi connectivity index (χ0) is 14.8. The molecule has 0 aliphatic heterocycles. The van der Waals surface area contributed by atoms with Gasteiger partial charge in [-0.15, -0.1) is 0 Å². The van der Waals surface area contributed by atoms with Gasteiger partial charge < -0.3 is 10.6 Å². The van der Waals surface area contributed by atoms with Gasteiger partial charge >= 0.3 is 0 Å². The lowest BCUT2D eigenvalue weighted by Crippen LogP contribution is -2.41. The van der Waals surface area contributed by atoms with E-state index in [0.29, 0.717) is 11.6 Å². The van der Waals surface area contributed by atoms with Crippen LogP contribution >= 0.6 is 0 Å². The molecule has 0 atom stereocenters. The highest BCUT2D eigenvalue weighted by Gasteiger charge is 2.43. The van der Waals surface area contributed by atoms with Gasteiger partial charge in [-0.2, -0.15) is 0 Å². The molecule has 1 heterocycles. The molecule has 0 saturated heterocycles. The maximum absolute atomic E-state index is 13.0. The molecule has 20 heavy (non-hydrogen) atoms. The average Bonchev–Trinajstić information content (AvgIpc) is 2.86. The number of nitrogens with zero attached hydrogens (tertiary/aromatic N) is 2. The fraction of sp³-hybridized carbons (Fsp3) is 0.625. The van der Waals surface area contributed by atoms with Gasteiger partial charge in [0.05, 0.1) is 17.6 Å². The van der Waals surface area contributed by atoms with E-state index < -0.39 is 0 Å². The molecule has 0 spiro atoms. The molecule has 110 valence electrons. The zero-order valence-corrected chi connectivity index (χ0v) is 12.7. The van der Waals surface area contributed by atoms with Crippen LogP contribution in [0.4, 0.5) is 11.4 Å². The molecule has 1 aliphatic rings. The SMILES string of the molecule is CC(C)CC1(C(=O)N(C)c2ccncc2N)CCCC1. The Kier molecular flexibility index (Phi) is 4.31. The Hall–Kier alpha value is -1.58. The van der Waals surface area contributed by atoms with Gasteiger partial charge in [0.15, 0.2) is 0 Å². The minimum absolute atomic E-state index is 0.196. The number of hydrogen-bond donors (Lipinski definition) is 1. The molecule has 0 radical (unpaired) electrons. The standard InChI is InChI=1S/C16H25N3O/c1-12(2)10-16(7-4-5-8-16)15(20)19(3)14-6-9-18-11-13(14)17/h6,9,11-12H,4-5,7-8,10,17H2,1-3H3. The summed E-state index contributed by atoms with van der Waals surface area (Å²) < 4.78 is 0. The number of hydrogen-bond acceptors (Lipinski definition) is 3. The highest BCUT2D eigenvalue weighted by atomic mass is 16.2. The summed E-state index contributed by atoms with van der Waals surface area (Å²) in [6.07, 6.45) is 8.54. The van der Waals surface area contributed by atoms with Crippen molar-refractivity contribution in [3.8, 4) is 0 Å². The smallest absolute Gasteiger partial charge is 0.233 e. The average molecular weight is 275 g/mol. The summed E-state index contributed by atoms with van der Waals surface area (Å²) in [7, 11) is 1.83. The van der Waals surface area contributed by atoms with Gasteiger partial charge in [-0.05, 0) is 31.2 Å². The highest BCUT2D eigenvalue weighted by Crippen LogP contribution is 2.45. The minimum atomic E-state index is -0.196. The Morgan fingerprint density at radius 3 is 2.65 bits per heavy atom. The number of nitrogen functional groups attached to an aromatic ring is 1. The topological polar surface area (TPSA) is 59.2 Å². The maximum atomic E-state index is 13.0. The van der Waals surface area contributed by atoms with Gasteiger partial charge in [-0.1, -0.05) is 26.7 Å². The Bertz CT molecular complexity index is 478. The lowest BCUT2D eigenvalue weighted by Gasteiger charge is -2.34. The molecule has 2 N–H and O–H groups in total. The summed E-state index contributed by atoms with van der Waals surface area (Å²) in [5.41, 5.74) is 7.07. The van der Waals surface area contributed by atoms with E-state index in [9.17, 15) is 4.79 Å². The van der Waals surface area contributed by atoms with Crippen molar-refractivity contribution in [1.29, 1.82) is 0 Å². The van der Waals surface area contributed by atoms with Gasteiger partial charge in [-0.25, -0.2) is 0 Å².